The Morgan fingerprint density at radius 2 is 2.18 bits per heavy atom. The number of amides is 1. The Labute approximate surface area is 100 Å². The summed E-state index contributed by atoms with van der Waals surface area (Å²) in [6.45, 7) is 2.32. The van der Waals surface area contributed by atoms with Crippen LogP contribution in [0.25, 0.3) is 0 Å². The average Bonchev–Trinajstić information content (AvgIpc) is 2.75. The van der Waals surface area contributed by atoms with Crippen LogP contribution in [0, 0.1) is 0 Å². The SMILES string of the molecule is CCNC(=O)CCS(=O)c1ccc(C(=O)O)o1. The zero-order valence-electron chi connectivity index (χ0n) is 9.26. The first kappa shape index (κ1) is 13.4. The second kappa shape index (κ2) is 6.19. The van der Waals surface area contributed by atoms with E-state index in [1.807, 2.05) is 0 Å². The molecule has 0 saturated carbocycles. The van der Waals surface area contributed by atoms with Gasteiger partial charge in [0.05, 0.1) is 10.8 Å². The number of hydrogen-bond acceptors (Lipinski definition) is 4. The molecule has 7 heteroatoms. The fourth-order valence-electron chi connectivity index (χ4n) is 1.13. The van der Waals surface area contributed by atoms with Crippen LogP contribution in [-0.2, 0) is 15.6 Å². The highest BCUT2D eigenvalue weighted by Crippen LogP contribution is 2.12. The molecule has 1 aromatic rings. The minimum Gasteiger partial charge on any atom is -0.475 e. The van der Waals surface area contributed by atoms with Crippen molar-refractivity contribution in [3.05, 3.63) is 17.9 Å². The molecule has 0 aliphatic rings. The third kappa shape index (κ3) is 4.03. The Bertz CT molecular complexity index is 440. The van der Waals surface area contributed by atoms with Crippen molar-refractivity contribution in [3.63, 3.8) is 0 Å². The van der Waals surface area contributed by atoms with Crippen molar-refractivity contribution >= 4 is 22.7 Å². The molecule has 1 rings (SSSR count). The predicted molar refractivity (Wildman–Crippen MR) is 60.2 cm³/mol. The van der Waals surface area contributed by atoms with E-state index in [9.17, 15) is 13.8 Å². The van der Waals surface area contributed by atoms with Gasteiger partial charge in [0, 0.05) is 18.7 Å². The van der Waals surface area contributed by atoms with Crippen molar-refractivity contribution in [2.24, 2.45) is 0 Å². The van der Waals surface area contributed by atoms with E-state index >= 15 is 0 Å². The van der Waals surface area contributed by atoms with Gasteiger partial charge in [-0.2, -0.15) is 0 Å². The van der Waals surface area contributed by atoms with Gasteiger partial charge in [-0.1, -0.05) is 0 Å². The van der Waals surface area contributed by atoms with Gasteiger partial charge in [0.25, 0.3) is 0 Å². The van der Waals surface area contributed by atoms with Gasteiger partial charge in [-0.05, 0) is 19.1 Å². The van der Waals surface area contributed by atoms with Crippen LogP contribution in [0.15, 0.2) is 21.6 Å². The number of aromatic carboxylic acids is 1. The van der Waals surface area contributed by atoms with Crippen LogP contribution in [0.2, 0.25) is 0 Å². The number of carbonyl (C=O) groups is 2. The normalized spacial score (nSPS) is 12.1. The molecule has 1 amide bonds. The van der Waals surface area contributed by atoms with Gasteiger partial charge in [0.2, 0.25) is 11.7 Å². The molecule has 1 heterocycles. The Morgan fingerprint density at radius 1 is 1.47 bits per heavy atom. The fraction of sp³-hybridized carbons (Fsp3) is 0.400. The Kier molecular flexibility index (Phi) is 4.89. The van der Waals surface area contributed by atoms with Gasteiger partial charge in [-0.25, -0.2) is 4.79 Å². The average molecular weight is 259 g/mol. The Morgan fingerprint density at radius 3 is 2.71 bits per heavy atom. The zero-order valence-corrected chi connectivity index (χ0v) is 10.1. The summed E-state index contributed by atoms with van der Waals surface area (Å²) in [5.41, 5.74) is 0. The summed E-state index contributed by atoms with van der Waals surface area (Å²) in [4.78, 5) is 21.7. The summed E-state index contributed by atoms with van der Waals surface area (Å²) in [7, 11) is -1.49. The summed E-state index contributed by atoms with van der Waals surface area (Å²) >= 11 is 0. The highest BCUT2D eigenvalue weighted by molar-refractivity contribution is 7.84. The summed E-state index contributed by atoms with van der Waals surface area (Å²) in [6, 6.07) is 2.58. The lowest BCUT2D eigenvalue weighted by Crippen LogP contribution is -2.24. The number of rotatable bonds is 6. The molecule has 0 saturated heterocycles. The summed E-state index contributed by atoms with van der Waals surface area (Å²) < 4.78 is 16.5. The van der Waals surface area contributed by atoms with E-state index in [1.165, 1.54) is 12.1 Å². The molecule has 94 valence electrons. The first-order valence-electron chi connectivity index (χ1n) is 5.02. The van der Waals surface area contributed by atoms with E-state index < -0.39 is 16.8 Å². The van der Waals surface area contributed by atoms with Gasteiger partial charge in [-0.15, -0.1) is 0 Å². The van der Waals surface area contributed by atoms with Crippen LogP contribution in [0.4, 0.5) is 0 Å². The van der Waals surface area contributed by atoms with Gasteiger partial charge >= 0.3 is 5.97 Å². The highest BCUT2D eigenvalue weighted by atomic mass is 32.2. The van der Waals surface area contributed by atoms with E-state index in [4.69, 9.17) is 9.52 Å². The van der Waals surface area contributed by atoms with Crippen molar-refractivity contribution in [2.75, 3.05) is 12.3 Å². The number of nitrogens with one attached hydrogen (secondary N) is 1. The maximum Gasteiger partial charge on any atom is 0.371 e. The largest absolute Gasteiger partial charge is 0.475 e. The van der Waals surface area contributed by atoms with Crippen molar-refractivity contribution in [2.45, 2.75) is 18.4 Å². The molecule has 1 atom stereocenters. The Hall–Kier alpha value is -1.63. The molecule has 0 aliphatic heterocycles. The minimum absolute atomic E-state index is 0.0756. The third-order valence-corrected chi connectivity index (χ3v) is 3.15. The third-order valence-electron chi connectivity index (χ3n) is 1.90. The second-order valence-corrected chi connectivity index (χ2v) is 4.68. The van der Waals surface area contributed by atoms with E-state index in [-0.39, 0.29) is 28.9 Å². The lowest BCUT2D eigenvalue weighted by atomic mass is 10.4. The topological polar surface area (TPSA) is 96.6 Å². The lowest BCUT2D eigenvalue weighted by Gasteiger charge is -2.00. The van der Waals surface area contributed by atoms with Crippen LogP contribution in [0.3, 0.4) is 0 Å². The molecule has 17 heavy (non-hydrogen) atoms. The molecule has 0 spiro atoms. The molecule has 2 N–H and O–H groups in total. The van der Waals surface area contributed by atoms with Gasteiger partial charge < -0.3 is 14.8 Å². The fourth-order valence-corrected chi connectivity index (χ4v) is 2.10. The van der Waals surface area contributed by atoms with Crippen LogP contribution in [0.5, 0.6) is 0 Å². The monoisotopic (exact) mass is 259 g/mol. The predicted octanol–water partition coefficient (Wildman–Crippen LogP) is 0.612. The van der Waals surface area contributed by atoms with Crippen LogP contribution in [0.1, 0.15) is 23.9 Å². The first-order chi connectivity index (χ1) is 8.04. The number of carboxylic acids is 1. The highest BCUT2D eigenvalue weighted by Gasteiger charge is 2.14. The molecule has 6 nitrogen and oxygen atoms in total. The molecule has 0 aromatic carbocycles. The molecule has 1 aromatic heterocycles. The van der Waals surface area contributed by atoms with Gasteiger partial charge in [0.1, 0.15) is 0 Å². The van der Waals surface area contributed by atoms with Crippen molar-refractivity contribution in [1.29, 1.82) is 0 Å². The van der Waals surface area contributed by atoms with Crippen molar-refractivity contribution in [3.8, 4) is 0 Å². The molecular weight excluding hydrogens is 246 g/mol. The van der Waals surface area contributed by atoms with Crippen LogP contribution >= 0.6 is 0 Å². The number of furan rings is 1. The number of carboxylic acid groups (broad SMARTS) is 1. The van der Waals surface area contributed by atoms with E-state index in [0.29, 0.717) is 6.54 Å². The van der Waals surface area contributed by atoms with Gasteiger partial charge in [-0.3, -0.25) is 9.00 Å². The maximum atomic E-state index is 11.6. The molecule has 0 bridgehead atoms. The number of carbonyl (C=O) groups excluding carboxylic acids is 1. The van der Waals surface area contributed by atoms with E-state index in [2.05, 4.69) is 5.32 Å². The molecule has 0 fully saturated rings. The smallest absolute Gasteiger partial charge is 0.371 e. The van der Waals surface area contributed by atoms with E-state index in [1.54, 1.807) is 6.92 Å². The molecular formula is C10H13NO5S. The summed E-state index contributed by atoms with van der Waals surface area (Å²) in [5.74, 6) is -1.55. The summed E-state index contributed by atoms with van der Waals surface area (Å²) in [5, 5.41) is 11.3. The molecule has 1 unspecified atom stereocenters. The van der Waals surface area contributed by atoms with Crippen molar-refractivity contribution < 1.29 is 23.3 Å². The van der Waals surface area contributed by atoms with Crippen LogP contribution < -0.4 is 5.32 Å². The van der Waals surface area contributed by atoms with Crippen molar-refractivity contribution in [1.82, 2.24) is 5.32 Å². The second-order valence-electron chi connectivity index (χ2n) is 3.18. The maximum absolute atomic E-state index is 11.6. The van der Waals surface area contributed by atoms with E-state index in [0.717, 1.165) is 0 Å². The minimum atomic E-state index is -1.49. The van der Waals surface area contributed by atoms with Gasteiger partial charge in [0.15, 0.2) is 5.09 Å². The standard InChI is InChI=1S/C10H13NO5S/c1-2-11-8(12)5-6-17(15)9-4-3-7(16-9)10(13)14/h3-4H,2,5-6H2,1H3,(H,11,12)(H,13,14). The molecule has 0 aliphatic carbocycles. The zero-order chi connectivity index (χ0) is 12.8. The quantitative estimate of drug-likeness (QED) is 0.780. The lowest BCUT2D eigenvalue weighted by molar-refractivity contribution is -0.120. The summed E-state index contributed by atoms with van der Waals surface area (Å²) in [6.07, 6.45) is 0.115. The Balaban J connectivity index is 2.52. The number of hydrogen-bond donors (Lipinski definition) is 2. The molecule has 0 radical (unpaired) electrons. The van der Waals surface area contributed by atoms with Crippen LogP contribution in [-0.4, -0.2) is 33.5 Å². The first-order valence-corrected chi connectivity index (χ1v) is 6.34.